The summed E-state index contributed by atoms with van der Waals surface area (Å²) in [5.41, 5.74) is 4.24. The van der Waals surface area contributed by atoms with Crippen molar-refractivity contribution in [3.63, 3.8) is 0 Å². The number of rotatable bonds is 6. The van der Waals surface area contributed by atoms with Crippen molar-refractivity contribution in [3.8, 4) is 0 Å². The Hall–Kier alpha value is -3.76. The second kappa shape index (κ2) is 11.3. The van der Waals surface area contributed by atoms with Crippen molar-refractivity contribution < 1.29 is 33.4 Å². The number of carbonyl (C=O) groups is 4. The Balaban J connectivity index is 1.35. The fourth-order valence-electron chi connectivity index (χ4n) is 5.16. The van der Waals surface area contributed by atoms with Crippen LogP contribution in [-0.2, 0) is 46.2 Å². The molecule has 2 saturated heterocycles. The van der Waals surface area contributed by atoms with E-state index in [1.807, 2.05) is 18.2 Å². The average molecular weight is 522 g/mol. The van der Waals surface area contributed by atoms with Gasteiger partial charge in [-0.25, -0.2) is 0 Å². The molecule has 10 nitrogen and oxygen atoms in total. The number of hydrogen-bond donors (Lipinski definition) is 1. The molecular weight excluding hydrogens is 490 g/mol. The summed E-state index contributed by atoms with van der Waals surface area (Å²) in [4.78, 5) is 54.2. The average Bonchev–Trinajstić information content (AvgIpc) is 2.92. The van der Waals surface area contributed by atoms with Crippen LogP contribution in [0.25, 0.3) is 0 Å². The van der Waals surface area contributed by atoms with Gasteiger partial charge in [0, 0.05) is 37.1 Å². The lowest BCUT2D eigenvalue weighted by Crippen LogP contribution is -2.56. The van der Waals surface area contributed by atoms with Crippen LogP contribution in [0, 0.1) is 0 Å². The van der Waals surface area contributed by atoms with Gasteiger partial charge in [0.2, 0.25) is 6.10 Å². The summed E-state index contributed by atoms with van der Waals surface area (Å²) in [5.74, 6) is -2.00. The molecule has 2 aromatic carbocycles. The van der Waals surface area contributed by atoms with Crippen LogP contribution in [0.1, 0.15) is 30.9 Å². The number of amides is 3. The summed E-state index contributed by atoms with van der Waals surface area (Å²) >= 11 is 0. The molecule has 3 aliphatic rings. The molecule has 0 spiro atoms. The molecule has 0 radical (unpaired) electrons. The number of hydrogen-bond acceptors (Lipinski definition) is 7. The number of morpholine rings is 2. The lowest BCUT2D eigenvalue weighted by atomic mass is 9.91. The van der Waals surface area contributed by atoms with E-state index in [0.717, 1.165) is 25.7 Å². The number of ether oxygens (including phenoxy) is 3. The van der Waals surface area contributed by atoms with E-state index in [0.29, 0.717) is 30.2 Å². The fraction of sp³-hybridized carbons (Fsp3) is 0.429. The Morgan fingerprint density at radius 1 is 0.974 bits per heavy atom. The molecule has 1 N–H and O–H groups in total. The summed E-state index contributed by atoms with van der Waals surface area (Å²) in [6, 6.07) is 12.8. The van der Waals surface area contributed by atoms with E-state index in [1.54, 1.807) is 29.2 Å². The van der Waals surface area contributed by atoms with Crippen molar-refractivity contribution in [2.24, 2.45) is 0 Å². The second-order valence-corrected chi connectivity index (χ2v) is 9.61. The molecule has 0 bridgehead atoms. The van der Waals surface area contributed by atoms with Gasteiger partial charge < -0.3 is 29.3 Å². The molecule has 3 amide bonds. The van der Waals surface area contributed by atoms with Gasteiger partial charge in [0.1, 0.15) is 6.61 Å². The maximum absolute atomic E-state index is 13.6. The van der Waals surface area contributed by atoms with Crippen LogP contribution in [0.5, 0.6) is 0 Å². The highest BCUT2D eigenvalue weighted by molar-refractivity contribution is 6.05. The third kappa shape index (κ3) is 5.56. The highest BCUT2D eigenvalue weighted by Crippen LogP contribution is 2.28. The molecule has 0 aromatic heterocycles. The van der Waals surface area contributed by atoms with Crippen LogP contribution in [-0.4, -0.2) is 68.8 Å². The van der Waals surface area contributed by atoms with E-state index >= 15 is 0 Å². The summed E-state index contributed by atoms with van der Waals surface area (Å²) in [6.07, 6.45) is 1.42. The maximum Gasteiger partial charge on any atom is 0.303 e. The maximum atomic E-state index is 13.6. The zero-order chi connectivity index (χ0) is 26.6. The molecule has 2 atom stereocenters. The summed E-state index contributed by atoms with van der Waals surface area (Å²) in [5, 5.41) is 2.80. The molecule has 200 valence electrons. The van der Waals surface area contributed by atoms with Crippen LogP contribution in [0.3, 0.4) is 0 Å². The monoisotopic (exact) mass is 521 g/mol. The van der Waals surface area contributed by atoms with E-state index in [9.17, 15) is 19.2 Å². The Morgan fingerprint density at radius 3 is 2.47 bits per heavy atom. The van der Waals surface area contributed by atoms with Gasteiger partial charge in [-0.05, 0) is 67.1 Å². The van der Waals surface area contributed by atoms with Crippen molar-refractivity contribution in [3.05, 3.63) is 53.6 Å². The van der Waals surface area contributed by atoms with E-state index in [2.05, 4.69) is 5.32 Å². The molecule has 2 heterocycles. The van der Waals surface area contributed by atoms with E-state index in [-0.39, 0.29) is 25.7 Å². The van der Waals surface area contributed by atoms with Crippen LogP contribution < -0.4 is 15.1 Å². The molecule has 0 saturated carbocycles. The summed E-state index contributed by atoms with van der Waals surface area (Å²) in [6.45, 7) is 2.42. The van der Waals surface area contributed by atoms with Gasteiger partial charge in [-0.3, -0.25) is 19.2 Å². The molecule has 38 heavy (non-hydrogen) atoms. The first-order valence-corrected chi connectivity index (χ1v) is 12.9. The normalized spacial score (nSPS) is 20.5. The standard InChI is InChI=1S/C28H31N3O7/c1-18(32)38-25(27(34)29-21-10-9-19-5-2-3-6-20(19)15-21)26-28(35)31(12-14-37-26)23-8-4-7-22(16-23)30-11-13-36-17-24(30)33/h4,7-10,15-16,25-26H,2-3,5-6,11-14,17H2,1H3,(H,29,34)/t25-,26-/m1/s1. The zero-order valence-electron chi connectivity index (χ0n) is 21.3. The number of carbonyl (C=O) groups excluding carboxylic acids is 4. The molecule has 10 heteroatoms. The van der Waals surface area contributed by atoms with E-state index in [4.69, 9.17) is 14.2 Å². The number of nitrogens with zero attached hydrogens (tertiary/aromatic N) is 2. The second-order valence-electron chi connectivity index (χ2n) is 9.61. The quantitative estimate of drug-likeness (QED) is 0.580. The smallest absolute Gasteiger partial charge is 0.303 e. The largest absolute Gasteiger partial charge is 0.449 e. The molecule has 1 aliphatic carbocycles. The van der Waals surface area contributed by atoms with Gasteiger partial charge in [0.25, 0.3) is 17.7 Å². The first kappa shape index (κ1) is 25.9. The van der Waals surface area contributed by atoms with E-state index < -0.39 is 30.0 Å². The molecule has 0 unspecified atom stereocenters. The Kier molecular flexibility index (Phi) is 7.71. The lowest BCUT2D eigenvalue weighted by molar-refractivity contribution is -0.167. The first-order chi connectivity index (χ1) is 18.4. The van der Waals surface area contributed by atoms with Crippen molar-refractivity contribution in [1.29, 1.82) is 0 Å². The Labute approximate surface area is 220 Å². The van der Waals surface area contributed by atoms with Gasteiger partial charge >= 0.3 is 5.97 Å². The summed E-state index contributed by atoms with van der Waals surface area (Å²) < 4.78 is 16.3. The molecule has 2 fully saturated rings. The fourth-order valence-corrected chi connectivity index (χ4v) is 5.16. The highest BCUT2D eigenvalue weighted by Gasteiger charge is 2.42. The van der Waals surface area contributed by atoms with Gasteiger partial charge in [0.15, 0.2) is 6.10 Å². The zero-order valence-corrected chi connectivity index (χ0v) is 21.3. The minimum atomic E-state index is -1.47. The molecule has 2 aliphatic heterocycles. The summed E-state index contributed by atoms with van der Waals surface area (Å²) in [7, 11) is 0. The number of anilines is 3. The third-order valence-electron chi connectivity index (χ3n) is 7.00. The molecule has 5 rings (SSSR count). The van der Waals surface area contributed by atoms with Crippen molar-refractivity contribution in [2.45, 2.75) is 44.8 Å². The van der Waals surface area contributed by atoms with E-state index in [1.165, 1.54) is 23.0 Å². The van der Waals surface area contributed by atoms with Crippen molar-refractivity contribution in [1.82, 2.24) is 0 Å². The number of esters is 1. The SMILES string of the molecule is CC(=O)O[C@@H](C(=O)Nc1ccc2c(c1)CCCC2)[C@H]1OCCN(c2cccc(N3CCOCC3=O)c2)C1=O. The topological polar surface area (TPSA) is 114 Å². The number of aryl methyl sites for hydroxylation is 2. The van der Waals surface area contributed by atoms with Gasteiger partial charge in [-0.1, -0.05) is 12.1 Å². The van der Waals surface area contributed by atoms with Gasteiger partial charge in [-0.15, -0.1) is 0 Å². The predicted octanol–water partition coefficient (Wildman–Crippen LogP) is 2.23. The van der Waals surface area contributed by atoms with Crippen LogP contribution in [0.15, 0.2) is 42.5 Å². The van der Waals surface area contributed by atoms with Crippen molar-refractivity contribution >= 4 is 40.8 Å². The minimum Gasteiger partial charge on any atom is -0.449 e. The molecule has 2 aromatic rings. The van der Waals surface area contributed by atoms with Crippen molar-refractivity contribution in [2.75, 3.05) is 48.0 Å². The van der Waals surface area contributed by atoms with Crippen LogP contribution >= 0.6 is 0 Å². The number of nitrogens with one attached hydrogen (secondary N) is 1. The van der Waals surface area contributed by atoms with Gasteiger partial charge in [-0.2, -0.15) is 0 Å². The Morgan fingerprint density at radius 2 is 1.71 bits per heavy atom. The third-order valence-corrected chi connectivity index (χ3v) is 7.00. The number of benzene rings is 2. The highest BCUT2D eigenvalue weighted by atomic mass is 16.6. The predicted molar refractivity (Wildman–Crippen MR) is 139 cm³/mol. The first-order valence-electron chi connectivity index (χ1n) is 12.9. The molecular formula is C28H31N3O7. The lowest BCUT2D eigenvalue weighted by Gasteiger charge is -2.35. The number of fused-ring (bicyclic) bond motifs is 1. The Bertz CT molecular complexity index is 1250. The van der Waals surface area contributed by atoms with Gasteiger partial charge in [0.05, 0.1) is 13.2 Å². The van der Waals surface area contributed by atoms with Crippen LogP contribution in [0.2, 0.25) is 0 Å². The minimum absolute atomic E-state index is 0.00613. The van der Waals surface area contributed by atoms with Crippen LogP contribution in [0.4, 0.5) is 17.1 Å².